The monoisotopic (exact) mass is 503 g/mol. The molecule has 0 atom stereocenters. The highest BCUT2D eigenvalue weighted by atomic mass is 32.2. The Bertz CT molecular complexity index is 1350. The minimum Gasteiger partial charge on any atom is -0.267 e. The van der Waals surface area contributed by atoms with Crippen LogP contribution in [-0.4, -0.2) is 26.8 Å². The van der Waals surface area contributed by atoms with Gasteiger partial charge in [-0.2, -0.15) is 18.3 Å². The lowest BCUT2D eigenvalue weighted by Crippen LogP contribution is -2.29. The minimum absolute atomic E-state index is 0.0651. The normalized spacial score (nSPS) is 12.1. The molecular formula is C25H24F3N3O3S. The Morgan fingerprint density at radius 1 is 1.00 bits per heavy atom. The van der Waals surface area contributed by atoms with Crippen LogP contribution in [0.3, 0.4) is 0 Å². The first-order valence-electron chi connectivity index (χ1n) is 10.5. The van der Waals surface area contributed by atoms with E-state index in [9.17, 15) is 26.4 Å². The second kappa shape index (κ2) is 10.3. The largest absolute Gasteiger partial charge is 0.417 e. The average molecular weight is 504 g/mol. The molecule has 0 unspecified atom stereocenters. The van der Waals surface area contributed by atoms with Gasteiger partial charge in [0.1, 0.15) is 0 Å². The molecule has 0 aromatic heterocycles. The zero-order valence-corrected chi connectivity index (χ0v) is 20.1. The summed E-state index contributed by atoms with van der Waals surface area (Å²) in [6, 6.07) is 16.5. The lowest BCUT2D eigenvalue weighted by molar-refractivity contribution is -0.137. The number of nitrogens with zero attached hydrogens (tertiary/aromatic N) is 2. The molecule has 0 radical (unpaired) electrons. The first-order valence-corrected chi connectivity index (χ1v) is 12.3. The van der Waals surface area contributed by atoms with Crippen LogP contribution in [-0.2, 0) is 22.7 Å². The van der Waals surface area contributed by atoms with Crippen molar-refractivity contribution in [1.29, 1.82) is 0 Å². The van der Waals surface area contributed by atoms with Crippen LogP contribution in [0.4, 0.5) is 18.9 Å². The number of carbonyl (C=O) groups excluding carboxylic acids is 1. The van der Waals surface area contributed by atoms with Gasteiger partial charge in [-0.1, -0.05) is 36.4 Å². The fourth-order valence-corrected chi connectivity index (χ4v) is 4.18. The number of carbonyl (C=O) groups is 1. The van der Waals surface area contributed by atoms with Crippen molar-refractivity contribution in [3.63, 3.8) is 0 Å². The molecule has 3 aromatic carbocycles. The smallest absolute Gasteiger partial charge is 0.267 e. The molecular weight excluding hydrogens is 479 g/mol. The zero-order chi connectivity index (χ0) is 25.8. The first kappa shape index (κ1) is 26.0. The molecule has 35 heavy (non-hydrogen) atoms. The minimum atomic E-state index is -4.54. The van der Waals surface area contributed by atoms with E-state index in [4.69, 9.17) is 0 Å². The Balaban J connectivity index is 1.72. The molecule has 0 heterocycles. The molecule has 0 aliphatic carbocycles. The lowest BCUT2D eigenvalue weighted by Gasteiger charge is -2.23. The summed E-state index contributed by atoms with van der Waals surface area (Å²) >= 11 is 0. The fourth-order valence-electron chi connectivity index (χ4n) is 3.30. The van der Waals surface area contributed by atoms with Gasteiger partial charge in [-0.05, 0) is 60.9 Å². The number of alkyl halides is 3. The van der Waals surface area contributed by atoms with Gasteiger partial charge in [0.2, 0.25) is 10.0 Å². The molecule has 0 aliphatic rings. The van der Waals surface area contributed by atoms with Crippen LogP contribution in [0.15, 0.2) is 71.8 Å². The number of amides is 1. The molecule has 1 amide bonds. The molecule has 0 saturated carbocycles. The molecule has 0 fully saturated rings. The van der Waals surface area contributed by atoms with E-state index in [-0.39, 0.29) is 17.7 Å². The summed E-state index contributed by atoms with van der Waals surface area (Å²) in [7, 11) is -3.57. The summed E-state index contributed by atoms with van der Waals surface area (Å²) in [5.74, 6) is -0.619. The molecule has 0 spiro atoms. The predicted octanol–water partition coefficient (Wildman–Crippen LogP) is 5.05. The first-order chi connectivity index (χ1) is 16.4. The summed E-state index contributed by atoms with van der Waals surface area (Å²) in [4.78, 5) is 12.3. The maximum atomic E-state index is 13.1. The van der Waals surface area contributed by atoms with Crippen molar-refractivity contribution in [3.05, 3.63) is 100 Å². The van der Waals surface area contributed by atoms with Crippen LogP contribution < -0.4 is 9.73 Å². The van der Waals surface area contributed by atoms with Crippen molar-refractivity contribution < 1.29 is 26.4 Å². The summed E-state index contributed by atoms with van der Waals surface area (Å²) in [6.07, 6.45) is -2.48. The van der Waals surface area contributed by atoms with E-state index < -0.39 is 27.7 Å². The quantitative estimate of drug-likeness (QED) is 0.362. The molecule has 6 nitrogen and oxygen atoms in total. The highest BCUT2D eigenvalue weighted by Gasteiger charge is 2.32. The van der Waals surface area contributed by atoms with E-state index in [1.54, 1.807) is 24.3 Å². The molecule has 10 heteroatoms. The summed E-state index contributed by atoms with van der Waals surface area (Å²) in [5, 5.41) is 3.64. The van der Waals surface area contributed by atoms with Crippen LogP contribution >= 0.6 is 0 Å². The Hall–Kier alpha value is -3.66. The number of hydrogen-bond acceptors (Lipinski definition) is 4. The molecule has 0 saturated heterocycles. The SMILES string of the molecule is Cc1ccc(N(Cc2ccc(C(=O)N/N=C\c3ccccc3C(F)(F)F)cc2)S(C)(=O)=O)cc1C. The number of hydrazone groups is 1. The average Bonchev–Trinajstić information content (AvgIpc) is 2.78. The van der Waals surface area contributed by atoms with E-state index in [0.717, 1.165) is 29.7 Å². The van der Waals surface area contributed by atoms with Crippen molar-refractivity contribution in [3.8, 4) is 0 Å². The van der Waals surface area contributed by atoms with Gasteiger partial charge in [0, 0.05) is 11.1 Å². The molecule has 0 aliphatic heterocycles. The van der Waals surface area contributed by atoms with Gasteiger partial charge in [0.25, 0.3) is 5.91 Å². The number of rotatable bonds is 7. The van der Waals surface area contributed by atoms with E-state index in [1.807, 2.05) is 19.9 Å². The van der Waals surface area contributed by atoms with E-state index in [1.165, 1.54) is 34.6 Å². The lowest BCUT2D eigenvalue weighted by atomic mass is 10.1. The van der Waals surface area contributed by atoms with Gasteiger partial charge in [-0.15, -0.1) is 0 Å². The van der Waals surface area contributed by atoms with Gasteiger partial charge in [0.05, 0.1) is 30.3 Å². The van der Waals surface area contributed by atoms with Crippen molar-refractivity contribution in [2.75, 3.05) is 10.6 Å². The summed E-state index contributed by atoms with van der Waals surface area (Å²) in [6.45, 7) is 3.90. The Kier molecular flexibility index (Phi) is 7.64. The fraction of sp³-hybridized carbons (Fsp3) is 0.200. The Labute approximate surface area is 202 Å². The third-order valence-corrected chi connectivity index (χ3v) is 6.50. The van der Waals surface area contributed by atoms with Crippen molar-refractivity contribution >= 4 is 27.8 Å². The third-order valence-electron chi connectivity index (χ3n) is 5.36. The maximum Gasteiger partial charge on any atom is 0.417 e. The van der Waals surface area contributed by atoms with Crippen molar-refractivity contribution in [2.45, 2.75) is 26.6 Å². The number of aryl methyl sites for hydroxylation is 2. The van der Waals surface area contributed by atoms with E-state index in [2.05, 4.69) is 10.5 Å². The molecule has 3 rings (SSSR count). The van der Waals surface area contributed by atoms with E-state index >= 15 is 0 Å². The van der Waals surface area contributed by atoms with Gasteiger partial charge in [-0.25, -0.2) is 13.8 Å². The number of benzene rings is 3. The second-order valence-corrected chi connectivity index (χ2v) is 9.93. The van der Waals surface area contributed by atoms with E-state index in [0.29, 0.717) is 11.3 Å². The molecule has 3 aromatic rings. The highest BCUT2D eigenvalue weighted by molar-refractivity contribution is 7.92. The Morgan fingerprint density at radius 2 is 1.66 bits per heavy atom. The third kappa shape index (κ3) is 6.69. The van der Waals surface area contributed by atoms with Gasteiger partial charge in [-0.3, -0.25) is 9.10 Å². The van der Waals surface area contributed by atoms with Crippen LogP contribution in [0.1, 0.15) is 38.2 Å². The summed E-state index contributed by atoms with van der Waals surface area (Å²) in [5.41, 5.74) is 4.56. The maximum absolute atomic E-state index is 13.1. The van der Waals surface area contributed by atoms with Crippen LogP contribution in [0.2, 0.25) is 0 Å². The standard InChI is InChI=1S/C25H24F3N3O3S/c1-17-8-13-22(14-18(17)2)31(35(3,33)34)16-19-9-11-20(12-10-19)24(32)30-29-15-21-6-4-5-7-23(21)25(26,27)28/h4-15H,16H2,1-3H3,(H,30,32)/b29-15-. The highest BCUT2D eigenvalue weighted by Crippen LogP contribution is 2.31. The summed E-state index contributed by atoms with van der Waals surface area (Å²) < 4.78 is 65.3. The van der Waals surface area contributed by atoms with Crippen LogP contribution in [0, 0.1) is 13.8 Å². The van der Waals surface area contributed by atoms with Gasteiger partial charge >= 0.3 is 6.18 Å². The van der Waals surface area contributed by atoms with Crippen molar-refractivity contribution in [1.82, 2.24) is 5.43 Å². The van der Waals surface area contributed by atoms with Gasteiger partial charge in [0.15, 0.2) is 0 Å². The number of sulfonamides is 1. The van der Waals surface area contributed by atoms with Crippen LogP contribution in [0.25, 0.3) is 0 Å². The Morgan fingerprint density at radius 3 is 2.26 bits per heavy atom. The van der Waals surface area contributed by atoms with Gasteiger partial charge < -0.3 is 0 Å². The molecule has 184 valence electrons. The van der Waals surface area contributed by atoms with Crippen molar-refractivity contribution in [2.24, 2.45) is 5.10 Å². The zero-order valence-electron chi connectivity index (χ0n) is 19.3. The number of hydrogen-bond donors (Lipinski definition) is 1. The molecule has 0 bridgehead atoms. The number of nitrogens with one attached hydrogen (secondary N) is 1. The number of anilines is 1. The predicted molar refractivity (Wildman–Crippen MR) is 130 cm³/mol. The topological polar surface area (TPSA) is 78.8 Å². The van der Waals surface area contributed by atoms with Crippen LogP contribution in [0.5, 0.6) is 0 Å². The molecule has 1 N–H and O–H groups in total. The second-order valence-electron chi connectivity index (χ2n) is 8.02. The number of halogens is 3.